The minimum Gasteiger partial charge on any atom is -0.368 e. The highest BCUT2D eigenvalue weighted by Gasteiger charge is 2.26. The molecule has 0 atom stereocenters. The topological polar surface area (TPSA) is 75.4 Å². The van der Waals surface area contributed by atoms with E-state index in [0.717, 1.165) is 29.7 Å². The fraction of sp³-hybridized carbons (Fsp3) is 0.333. The molecule has 1 saturated heterocycles. The third kappa shape index (κ3) is 2.82. The Kier molecular flexibility index (Phi) is 3.83. The summed E-state index contributed by atoms with van der Waals surface area (Å²) in [6, 6.07) is 6.18. The number of anilines is 1. The van der Waals surface area contributed by atoms with Crippen molar-refractivity contribution >= 4 is 22.5 Å². The van der Waals surface area contributed by atoms with Gasteiger partial charge >= 0.3 is 0 Å². The predicted molar refractivity (Wildman–Crippen MR) is 93.6 cm³/mol. The molecule has 0 radical (unpaired) electrons. The molecule has 7 heteroatoms. The Labute approximate surface area is 145 Å². The summed E-state index contributed by atoms with van der Waals surface area (Å²) in [5.41, 5.74) is 3.31. The Morgan fingerprint density at radius 3 is 2.68 bits per heavy atom. The quantitative estimate of drug-likeness (QED) is 0.713. The number of aromatic nitrogens is 3. The lowest BCUT2D eigenvalue weighted by molar-refractivity contribution is 0.0744. The summed E-state index contributed by atoms with van der Waals surface area (Å²) in [6.45, 7) is 6.50. The molecule has 7 nitrogen and oxygen atoms in total. The number of fused-ring (bicyclic) bond motifs is 1. The van der Waals surface area contributed by atoms with Gasteiger partial charge in [-0.25, -0.2) is 9.97 Å². The monoisotopic (exact) mass is 337 g/mol. The lowest BCUT2D eigenvalue weighted by Crippen LogP contribution is -2.49. The molecule has 1 amide bonds. The van der Waals surface area contributed by atoms with E-state index < -0.39 is 0 Å². The molecule has 0 N–H and O–H groups in total. The van der Waals surface area contributed by atoms with Crippen molar-refractivity contribution in [3.8, 4) is 0 Å². The van der Waals surface area contributed by atoms with Crippen LogP contribution in [0, 0.1) is 13.8 Å². The number of piperazine rings is 1. The van der Waals surface area contributed by atoms with Crippen molar-refractivity contribution in [2.24, 2.45) is 0 Å². The molecule has 0 saturated carbocycles. The Morgan fingerprint density at radius 1 is 1.16 bits per heavy atom. The van der Waals surface area contributed by atoms with Gasteiger partial charge in [-0.3, -0.25) is 4.79 Å². The first-order valence-corrected chi connectivity index (χ1v) is 8.30. The van der Waals surface area contributed by atoms with E-state index in [4.69, 9.17) is 4.52 Å². The molecule has 3 heterocycles. The van der Waals surface area contributed by atoms with Gasteiger partial charge in [0, 0.05) is 43.4 Å². The van der Waals surface area contributed by atoms with Gasteiger partial charge in [0.1, 0.15) is 17.7 Å². The Morgan fingerprint density at radius 2 is 1.96 bits per heavy atom. The van der Waals surface area contributed by atoms with Gasteiger partial charge in [0.15, 0.2) is 0 Å². The Hall–Kier alpha value is -2.96. The number of amides is 1. The molecule has 3 aromatic rings. The smallest absolute Gasteiger partial charge is 0.259 e. The lowest BCUT2D eigenvalue weighted by atomic mass is 10.1. The Balaban J connectivity index is 1.48. The molecule has 0 bridgehead atoms. The van der Waals surface area contributed by atoms with Crippen LogP contribution in [0.1, 0.15) is 21.8 Å². The molecular formula is C18H19N5O2. The summed E-state index contributed by atoms with van der Waals surface area (Å²) >= 11 is 0. The second-order valence-corrected chi connectivity index (χ2v) is 6.24. The van der Waals surface area contributed by atoms with Gasteiger partial charge in [-0.1, -0.05) is 5.16 Å². The van der Waals surface area contributed by atoms with Gasteiger partial charge in [0.25, 0.3) is 5.91 Å². The van der Waals surface area contributed by atoms with E-state index in [1.54, 1.807) is 20.2 Å². The van der Waals surface area contributed by atoms with Crippen LogP contribution in [0.4, 0.5) is 5.69 Å². The average molecular weight is 337 g/mol. The maximum atomic E-state index is 12.7. The molecule has 2 aromatic heterocycles. The van der Waals surface area contributed by atoms with Gasteiger partial charge in [0.2, 0.25) is 0 Å². The first-order valence-electron chi connectivity index (χ1n) is 8.30. The highest BCUT2D eigenvalue weighted by Crippen LogP contribution is 2.22. The summed E-state index contributed by atoms with van der Waals surface area (Å²) < 4.78 is 5.12. The SMILES string of the molecule is Cc1noc(C)c1C(=O)N1CCN(c2ccc3ncncc3c2)CC1. The number of rotatable bonds is 2. The molecule has 0 unspecified atom stereocenters. The van der Waals surface area contributed by atoms with Gasteiger partial charge in [0.05, 0.1) is 11.2 Å². The van der Waals surface area contributed by atoms with Gasteiger partial charge in [-0.15, -0.1) is 0 Å². The molecule has 1 aromatic carbocycles. The van der Waals surface area contributed by atoms with Crippen LogP contribution in [0.2, 0.25) is 0 Å². The molecule has 128 valence electrons. The van der Waals surface area contributed by atoms with Crippen molar-refractivity contribution in [2.45, 2.75) is 13.8 Å². The predicted octanol–water partition coefficient (Wildman–Crippen LogP) is 2.20. The second kappa shape index (κ2) is 6.16. The molecule has 0 aliphatic carbocycles. The molecule has 4 rings (SSSR count). The third-order valence-electron chi connectivity index (χ3n) is 4.67. The number of hydrogen-bond donors (Lipinski definition) is 0. The highest BCUT2D eigenvalue weighted by molar-refractivity contribution is 5.96. The zero-order chi connectivity index (χ0) is 17.4. The zero-order valence-corrected chi connectivity index (χ0v) is 14.3. The highest BCUT2D eigenvalue weighted by atomic mass is 16.5. The summed E-state index contributed by atoms with van der Waals surface area (Å²) in [5, 5.41) is 4.90. The van der Waals surface area contributed by atoms with Crippen LogP contribution in [-0.4, -0.2) is 52.1 Å². The average Bonchev–Trinajstić information content (AvgIpc) is 2.99. The van der Waals surface area contributed by atoms with Gasteiger partial charge < -0.3 is 14.3 Å². The maximum Gasteiger partial charge on any atom is 0.259 e. The molecule has 1 aliphatic rings. The van der Waals surface area contributed by atoms with Crippen molar-refractivity contribution in [1.82, 2.24) is 20.0 Å². The number of carbonyl (C=O) groups excluding carboxylic acids is 1. The minimum absolute atomic E-state index is 0.00260. The van der Waals surface area contributed by atoms with Crippen LogP contribution < -0.4 is 4.90 Å². The number of hydrogen-bond acceptors (Lipinski definition) is 6. The van der Waals surface area contributed by atoms with Crippen molar-refractivity contribution in [2.75, 3.05) is 31.1 Å². The van der Waals surface area contributed by atoms with Crippen molar-refractivity contribution in [3.05, 3.63) is 47.7 Å². The van der Waals surface area contributed by atoms with E-state index in [2.05, 4.69) is 32.2 Å². The summed E-state index contributed by atoms with van der Waals surface area (Å²) in [6.07, 6.45) is 3.38. The van der Waals surface area contributed by atoms with E-state index in [1.165, 1.54) is 0 Å². The van der Waals surface area contributed by atoms with Crippen molar-refractivity contribution in [3.63, 3.8) is 0 Å². The van der Waals surface area contributed by atoms with Crippen LogP contribution in [0.5, 0.6) is 0 Å². The van der Waals surface area contributed by atoms with E-state index in [1.807, 2.05) is 17.2 Å². The Bertz CT molecular complexity index is 909. The normalized spacial score (nSPS) is 15.0. The van der Waals surface area contributed by atoms with Crippen LogP contribution >= 0.6 is 0 Å². The maximum absolute atomic E-state index is 12.7. The van der Waals surface area contributed by atoms with Crippen molar-refractivity contribution < 1.29 is 9.32 Å². The fourth-order valence-electron chi connectivity index (χ4n) is 3.28. The van der Waals surface area contributed by atoms with Crippen LogP contribution in [0.15, 0.2) is 35.2 Å². The van der Waals surface area contributed by atoms with Gasteiger partial charge in [-0.2, -0.15) is 0 Å². The zero-order valence-electron chi connectivity index (χ0n) is 14.3. The summed E-state index contributed by atoms with van der Waals surface area (Å²) in [5.74, 6) is 0.585. The standard InChI is InChI=1S/C18H19N5O2/c1-12-17(13(2)25-21-12)18(24)23-7-5-22(6-8-23)15-3-4-16-14(9-15)10-19-11-20-16/h3-4,9-11H,5-8H2,1-2H3. The molecule has 1 aliphatic heterocycles. The number of carbonyl (C=O) groups is 1. The second-order valence-electron chi connectivity index (χ2n) is 6.24. The van der Waals surface area contributed by atoms with E-state index in [0.29, 0.717) is 30.1 Å². The number of aryl methyl sites for hydroxylation is 2. The molecule has 0 spiro atoms. The number of benzene rings is 1. The first kappa shape index (κ1) is 15.6. The fourth-order valence-corrected chi connectivity index (χ4v) is 3.28. The molecule has 1 fully saturated rings. The van der Waals surface area contributed by atoms with E-state index in [-0.39, 0.29) is 5.91 Å². The first-order chi connectivity index (χ1) is 12.1. The van der Waals surface area contributed by atoms with Crippen LogP contribution in [-0.2, 0) is 0 Å². The molecule has 25 heavy (non-hydrogen) atoms. The van der Waals surface area contributed by atoms with E-state index >= 15 is 0 Å². The van der Waals surface area contributed by atoms with Gasteiger partial charge in [-0.05, 0) is 32.0 Å². The largest absolute Gasteiger partial charge is 0.368 e. The van der Waals surface area contributed by atoms with Crippen LogP contribution in [0.3, 0.4) is 0 Å². The third-order valence-corrected chi connectivity index (χ3v) is 4.67. The lowest BCUT2D eigenvalue weighted by Gasteiger charge is -2.36. The minimum atomic E-state index is 0.00260. The van der Waals surface area contributed by atoms with E-state index in [9.17, 15) is 4.79 Å². The summed E-state index contributed by atoms with van der Waals surface area (Å²) in [7, 11) is 0. The number of nitrogens with zero attached hydrogens (tertiary/aromatic N) is 5. The van der Waals surface area contributed by atoms with Crippen LogP contribution in [0.25, 0.3) is 10.9 Å². The molecular weight excluding hydrogens is 318 g/mol. The summed E-state index contributed by atoms with van der Waals surface area (Å²) in [4.78, 5) is 25.2. The van der Waals surface area contributed by atoms with Crippen molar-refractivity contribution in [1.29, 1.82) is 0 Å².